The number of aromatic nitrogens is 3. The normalized spacial score (nSPS) is 16.4. The van der Waals surface area contributed by atoms with Gasteiger partial charge in [0.15, 0.2) is 15.0 Å². The first kappa shape index (κ1) is 22.9. The van der Waals surface area contributed by atoms with Gasteiger partial charge in [0.05, 0.1) is 24.0 Å². The minimum atomic E-state index is -3.21. The monoisotopic (exact) mass is 477 g/mol. The predicted octanol–water partition coefficient (Wildman–Crippen LogP) is 3.40. The lowest BCUT2D eigenvalue weighted by Crippen LogP contribution is -2.46. The van der Waals surface area contributed by atoms with Gasteiger partial charge in [-0.2, -0.15) is 0 Å². The van der Waals surface area contributed by atoms with Gasteiger partial charge in [0, 0.05) is 45.0 Å². The summed E-state index contributed by atoms with van der Waals surface area (Å²) in [5, 5.41) is 0.773. The highest BCUT2D eigenvalue weighted by atomic mass is 32.2. The van der Waals surface area contributed by atoms with Gasteiger partial charge in [-0.1, -0.05) is 30.4 Å². The first-order chi connectivity index (χ1) is 15.4. The van der Waals surface area contributed by atoms with Crippen LogP contribution in [0, 0.1) is 5.82 Å². The minimum Gasteiger partial charge on any atom is -0.345 e. The van der Waals surface area contributed by atoms with E-state index < -0.39 is 9.84 Å². The van der Waals surface area contributed by atoms with Crippen LogP contribution in [0.2, 0.25) is 0 Å². The maximum Gasteiger partial charge on any atom is 0.189 e. The van der Waals surface area contributed by atoms with Crippen molar-refractivity contribution in [2.45, 2.75) is 37.1 Å². The highest BCUT2D eigenvalue weighted by Crippen LogP contribution is 2.28. The van der Waals surface area contributed by atoms with E-state index in [1.165, 1.54) is 29.7 Å². The van der Waals surface area contributed by atoms with Gasteiger partial charge in [-0.05, 0) is 31.0 Å². The summed E-state index contributed by atoms with van der Waals surface area (Å²) in [5.41, 5.74) is 2.25. The van der Waals surface area contributed by atoms with Gasteiger partial charge in [-0.15, -0.1) is 0 Å². The van der Waals surface area contributed by atoms with Gasteiger partial charge in [-0.25, -0.2) is 22.8 Å². The zero-order valence-corrected chi connectivity index (χ0v) is 19.9. The van der Waals surface area contributed by atoms with Crippen molar-refractivity contribution in [2.24, 2.45) is 0 Å². The van der Waals surface area contributed by atoms with E-state index in [9.17, 15) is 12.8 Å². The van der Waals surface area contributed by atoms with Gasteiger partial charge in [0.2, 0.25) is 0 Å². The van der Waals surface area contributed by atoms with Crippen molar-refractivity contribution in [3.05, 3.63) is 60.1 Å². The van der Waals surface area contributed by atoms with Crippen LogP contribution in [-0.4, -0.2) is 59.8 Å². The van der Waals surface area contributed by atoms with Crippen molar-refractivity contribution in [1.29, 1.82) is 0 Å². The number of rotatable bonds is 8. The van der Waals surface area contributed by atoms with E-state index in [2.05, 4.69) is 31.3 Å². The van der Waals surface area contributed by atoms with Gasteiger partial charge in [0.25, 0.3) is 0 Å². The van der Waals surface area contributed by atoms with Crippen LogP contribution >= 0.6 is 11.3 Å². The maximum absolute atomic E-state index is 13.2. The van der Waals surface area contributed by atoms with E-state index in [1.807, 2.05) is 24.7 Å². The van der Waals surface area contributed by atoms with E-state index in [4.69, 9.17) is 0 Å². The molecule has 172 valence electrons. The molecule has 0 radical (unpaired) electrons. The Balaban J connectivity index is 1.34. The van der Waals surface area contributed by atoms with E-state index in [0.717, 1.165) is 55.5 Å². The van der Waals surface area contributed by atoms with E-state index in [-0.39, 0.29) is 17.6 Å². The summed E-state index contributed by atoms with van der Waals surface area (Å²) in [5.74, 6) is -0.125. The lowest BCUT2D eigenvalue weighted by Gasteiger charge is -2.34. The molecule has 32 heavy (non-hydrogen) atoms. The van der Waals surface area contributed by atoms with Crippen LogP contribution in [0.5, 0.6) is 0 Å². The Morgan fingerprint density at radius 3 is 2.53 bits per heavy atom. The number of sulfone groups is 1. The Hall–Kier alpha value is -2.30. The Labute approximate surface area is 192 Å². The lowest BCUT2D eigenvalue weighted by molar-refractivity contribution is 0.242. The zero-order valence-electron chi connectivity index (χ0n) is 18.3. The number of piperazine rings is 1. The molecule has 3 aromatic rings. The second-order valence-corrected chi connectivity index (χ2v) is 11.6. The van der Waals surface area contributed by atoms with Crippen LogP contribution in [-0.2, 0) is 22.8 Å². The second kappa shape index (κ2) is 9.68. The molecule has 0 saturated carbocycles. The average Bonchev–Trinajstić information content (AvgIpc) is 3.46. The zero-order chi connectivity index (χ0) is 22.7. The van der Waals surface area contributed by atoms with Gasteiger partial charge in [-0.3, -0.25) is 4.90 Å². The van der Waals surface area contributed by atoms with E-state index in [0.29, 0.717) is 4.21 Å². The lowest BCUT2D eigenvalue weighted by atomic mass is 10.1. The van der Waals surface area contributed by atoms with Crippen LogP contribution in [0.15, 0.2) is 47.2 Å². The number of hydrogen-bond donors (Lipinski definition) is 0. The molecule has 0 bridgehead atoms. The number of hydrogen-bond acceptors (Lipinski definition) is 7. The predicted molar refractivity (Wildman–Crippen MR) is 124 cm³/mol. The summed E-state index contributed by atoms with van der Waals surface area (Å²) in [4.78, 5) is 13.2. The fraction of sp³-hybridized carbons (Fsp3) is 0.455. The molecule has 1 saturated heterocycles. The van der Waals surface area contributed by atoms with Crippen molar-refractivity contribution in [1.82, 2.24) is 19.4 Å². The summed E-state index contributed by atoms with van der Waals surface area (Å²) in [6.45, 7) is 7.95. The molecule has 1 aliphatic heterocycles. The van der Waals surface area contributed by atoms with Crippen molar-refractivity contribution < 1.29 is 12.8 Å². The summed E-state index contributed by atoms with van der Waals surface area (Å²) >= 11 is 1.26. The molecule has 1 aromatic carbocycles. The fourth-order valence-electron chi connectivity index (χ4n) is 3.92. The maximum atomic E-state index is 13.2. The number of benzene rings is 1. The third-order valence-corrected chi connectivity index (χ3v) is 9.20. The molecule has 4 rings (SSSR count). The van der Waals surface area contributed by atoms with Crippen molar-refractivity contribution in [3.63, 3.8) is 0 Å². The Bertz CT molecular complexity index is 1140. The minimum absolute atomic E-state index is 0.0929. The molecule has 1 aliphatic rings. The van der Waals surface area contributed by atoms with E-state index in [1.54, 1.807) is 6.92 Å². The number of thiazole rings is 1. The summed E-state index contributed by atoms with van der Waals surface area (Å²) in [7, 11) is -3.21. The molecule has 0 spiro atoms. The van der Waals surface area contributed by atoms with Crippen LogP contribution in [0.1, 0.15) is 31.1 Å². The van der Waals surface area contributed by atoms with Crippen molar-refractivity contribution in [2.75, 3.05) is 36.8 Å². The number of imidazole rings is 1. The van der Waals surface area contributed by atoms with E-state index >= 15 is 0 Å². The molecule has 0 N–H and O–H groups in total. The fourth-order valence-corrected chi connectivity index (χ4v) is 6.21. The highest BCUT2D eigenvalue weighted by Gasteiger charge is 2.23. The number of halogens is 1. The summed E-state index contributed by atoms with van der Waals surface area (Å²) in [6, 6.07) is 6.88. The average molecular weight is 478 g/mol. The molecular weight excluding hydrogens is 449 g/mol. The van der Waals surface area contributed by atoms with Crippen LogP contribution in [0.3, 0.4) is 0 Å². The molecule has 10 heteroatoms. The molecule has 3 heterocycles. The van der Waals surface area contributed by atoms with Crippen LogP contribution in [0.4, 0.5) is 9.52 Å². The second-order valence-electron chi connectivity index (χ2n) is 8.10. The molecule has 0 amide bonds. The quantitative estimate of drug-likeness (QED) is 0.495. The van der Waals surface area contributed by atoms with Crippen molar-refractivity contribution in [3.8, 4) is 0 Å². The largest absolute Gasteiger partial charge is 0.345 e. The summed E-state index contributed by atoms with van der Waals surface area (Å²) in [6.07, 6.45) is 6.07. The smallest absolute Gasteiger partial charge is 0.189 e. The van der Waals surface area contributed by atoms with Gasteiger partial charge < -0.3 is 9.47 Å². The first-order valence-electron chi connectivity index (χ1n) is 10.8. The number of nitrogens with zero attached hydrogens (tertiary/aromatic N) is 5. The Kier molecular flexibility index (Phi) is 6.92. The summed E-state index contributed by atoms with van der Waals surface area (Å²) < 4.78 is 39.8. The Morgan fingerprint density at radius 2 is 1.84 bits per heavy atom. The highest BCUT2D eigenvalue weighted by molar-refractivity contribution is 7.93. The third kappa shape index (κ3) is 5.19. The van der Waals surface area contributed by atoms with Gasteiger partial charge in [0.1, 0.15) is 10.0 Å². The van der Waals surface area contributed by atoms with Crippen LogP contribution < -0.4 is 4.90 Å². The number of anilines is 1. The molecule has 0 unspecified atom stereocenters. The molecule has 1 fully saturated rings. The molecular formula is C22H28FN5O2S2. The van der Waals surface area contributed by atoms with Gasteiger partial charge >= 0.3 is 0 Å². The SMILES string of the molecule is CCS(=O)(=O)c1cnc(N2CCN(Cc3cncn3[C@H](C)Cc3ccc(F)cc3)CC2)s1. The molecule has 7 nitrogen and oxygen atoms in total. The first-order valence-corrected chi connectivity index (χ1v) is 13.2. The Morgan fingerprint density at radius 1 is 1.12 bits per heavy atom. The van der Waals surface area contributed by atoms with Crippen molar-refractivity contribution >= 4 is 26.3 Å². The third-order valence-electron chi connectivity index (χ3n) is 5.85. The molecule has 2 aromatic heterocycles. The molecule has 1 atom stereocenters. The standard InChI is InChI=1S/C22H28FN5O2S2/c1-3-32(29,30)21-14-25-22(31-21)27-10-8-26(9-11-27)15-20-13-24-16-28(20)17(2)12-18-4-6-19(23)7-5-18/h4-7,13-14,16-17H,3,8-12,15H2,1-2H3/t17-/m1/s1. The van der Waals surface area contributed by atoms with Crippen LogP contribution in [0.25, 0.3) is 0 Å². The molecule has 0 aliphatic carbocycles. The topological polar surface area (TPSA) is 71.3 Å².